The maximum Gasteiger partial charge on any atom is 0.290 e. The van der Waals surface area contributed by atoms with Crippen LogP contribution in [0.25, 0.3) is 11.0 Å². The molecule has 1 N–H and O–H groups in total. The van der Waals surface area contributed by atoms with Gasteiger partial charge in [-0.15, -0.1) is 0 Å². The number of halogens is 1. The molecular weight excluding hydrogens is 426 g/mol. The molecule has 3 aromatic rings. The van der Waals surface area contributed by atoms with E-state index in [1.54, 1.807) is 41.3 Å². The van der Waals surface area contributed by atoms with Gasteiger partial charge in [-0.1, -0.05) is 19.1 Å². The molecule has 1 atom stereocenters. The van der Waals surface area contributed by atoms with Crippen LogP contribution in [0.4, 0.5) is 0 Å². The van der Waals surface area contributed by atoms with Crippen molar-refractivity contribution in [3.05, 3.63) is 68.0 Å². The average Bonchev–Trinajstić information content (AvgIpc) is 2.97. The first-order valence-electron chi connectivity index (χ1n) is 8.91. The highest BCUT2D eigenvalue weighted by Gasteiger charge is 2.42. The van der Waals surface area contributed by atoms with Gasteiger partial charge in [0.25, 0.3) is 5.91 Å². The maximum atomic E-state index is 13.3. The quantitative estimate of drug-likeness (QED) is 0.652. The second kappa shape index (κ2) is 6.98. The van der Waals surface area contributed by atoms with Gasteiger partial charge in [-0.25, -0.2) is 0 Å². The summed E-state index contributed by atoms with van der Waals surface area (Å²) in [7, 11) is 1.45. The molecule has 0 saturated heterocycles. The van der Waals surface area contributed by atoms with E-state index >= 15 is 0 Å². The third kappa shape index (κ3) is 2.69. The Kier molecular flexibility index (Phi) is 4.63. The van der Waals surface area contributed by atoms with Crippen molar-refractivity contribution in [2.75, 3.05) is 13.7 Å². The predicted molar refractivity (Wildman–Crippen MR) is 108 cm³/mol. The lowest BCUT2D eigenvalue weighted by Gasteiger charge is -2.25. The van der Waals surface area contributed by atoms with Crippen LogP contribution >= 0.6 is 15.9 Å². The number of rotatable bonds is 4. The van der Waals surface area contributed by atoms with E-state index < -0.39 is 6.04 Å². The Labute approximate surface area is 169 Å². The Hall–Kier alpha value is -2.80. The second-order valence-corrected chi connectivity index (χ2v) is 7.48. The van der Waals surface area contributed by atoms with Gasteiger partial charge in [0.1, 0.15) is 5.58 Å². The third-order valence-corrected chi connectivity index (χ3v) is 5.53. The Morgan fingerprint density at radius 2 is 2.00 bits per heavy atom. The van der Waals surface area contributed by atoms with E-state index in [1.165, 1.54) is 7.11 Å². The van der Waals surface area contributed by atoms with E-state index in [9.17, 15) is 14.7 Å². The van der Waals surface area contributed by atoms with Gasteiger partial charge < -0.3 is 19.2 Å². The highest BCUT2D eigenvalue weighted by atomic mass is 79.9. The summed E-state index contributed by atoms with van der Waals surface area (Å²) in [5, 5.41) is 10.6. The molecule has 2 heterocycles. The number of hydrogen-bond acceptors (Lipinski definition) is 5. The Balaban J connectivity index is 2.02. The number of carbonyl (C=O) groups excluding carboxylic acids is 1. The molecule has 0 radical (unpaired) electrons. The van der Waals surface area contributed by atoms with Crippen LogP contribution < -0.4 is 10.2 Å². The molecule has 0 saturated carbocycles. The van der Waals surface area contributed by atoms with Crippen molar-refractivity contribution in [1.29, 1.82) is 0 Å². The number of phenolic OH excluding ortho intramolecular Hbond substituents is 1. The number of fused-ring (bicyclic) bond motifs is 2. The molecule has 0 bridgehead atoms. The lowest BCUT2D eigenvalue weighted by molar-refractivity contribution is 0.0728. The van der Waals surface area contributed by atoms with Crippen LogP contribution in [-0.2, 0) is 0 Å². The first-order valence-corrected chi connectivity index (χ1v) is 9.70. The molecule has 1 aliphatic rings. The van der Waals surface area contributed by atoms with Gasteiger partial charge >= 0.3 is 0 Å². The Morgan fingerprint density at radius 3 is 2.71 bits per heavy atom. The molecule has 0 spiro atoms. The highest BCUT2D eigenvalue weighted by Crippen LogP contribution is 2.43. The van der Waals surface area contributed by atoms with E-state index in [2.05, 4.69) is 15.9 Å². The van der Waals surface area contributed by atoms with Crippen molar-refractivity contribution in [3.8, 4) is 11.5 Å². The van der Waals surface area contributed by atoms with E-state index in [0.717, 1.165) is 6.42 Å². The SMILES string of the molecule is CCCN1C(=O)c2oc3ccccc3c(=O)c2[C@@H]1c1cc(Br)c(O)c(OC)c1. The van der Waals surface area contributed by atoms with Crippen molar-refractivity contribution < 1.29 is 19.1 Å². The molecule has 1 aliphatic heterocycles. The van der Waals surface area contributed by atoms with E-state index in [0.29, 0.717) is 33.1 Å². The third-order valence-electron chi connectivity index (χ3n) is 4.92. The average molecular weight is 444 g/mol. The number of para-hydroxylation sites is 1. The second-order valence-electron chi connectivity index (χ2n) is 6.62. The van der Waals surface area contributed by atoms with Gasteiger partial charge in [0.2, 0.25) is 5.76 Å². The summed E-state index contributed by atoms with van der Waals surface area (Å²) in [4.78, 5) is 28.0. The largest absolute Gasteiger partial charge is 0.503 e. The van der Waals surface area contributed by atoms with Gasteiger partial charge in [0.05, 0.1) is 28.6 Å². The van der Waals surface area contributed by atoms with E-state index in [1.807, 2.05) is 6.92 Å². The maximum absolute atomic E-state index is 13.3. The van der Waals surface area contributed by atoms with Crippen molar-refractivity contribution in [3.63, 3.8) is 0 Å². The number of carbonyl (C=O) groups is 1. The molecule has 0 fully saturated rings. The molecule has 0 aliphatic carbocycles. The smallest absolute Gasteiger partial charge is 0.290 e. The summed E-state index contributed by atoms with van der Waals surface area (Å²) in [5.74, 6) is -0.0199. The predicted octanol–water partition coefficient (Wildman–Crippen LogP) is 4.22. The van der Waals surface area contributed by atoms with E-state index in [4.69, 9.17) is 9.15 Å². The van der Waals surface area contributed by atoms with Crippen LogP contribution in [0.1, 0.15) is 41.1 Å². The molecule has 7 heteroatoms. The molecule has 4 rings (SSSR count). The summed E-state index contributed by atoms with van der Waals surface area (Å²) in [5.41, 5.74) is 1.14. The monoisotopic (exact) mass is 443 g/mol. The summed E-state index contributed by atoms with van der Waals surface area (Å²) in [6.45, 7) is 2.43. The lowest BCUT2D eigenvalue weighted by Crippen LogP contribution is -2.30. The summed E-state index contributed by atoms with van der Waals surface area (Å²) < 4.78 is 11.5. The zero-order valence-corrected chi connectivity index (χ0v) is 16.9. The molecule has 2 aromatic carbocycles. The number of aromatic hydroxyl groups is 1. The van der Waals surface area contributed by atoms with Gasteiger partial charge in [-0.05, 0) is 52.2 Å². The van der Waals surface area contributed by atoms with Crippen LogP contribution in [0.2, 0.25) is 0 Å². The molecule has 0 unspecified atom stereocenters. The minimum Gasteiger partial charge on any atom is -0.503 e. The number of phenols is 1. The van der Waals surface area contributed by atoms with Gasteiger partial charge in [-0.3, -0.25) is 9.59 Å². The van der Waals surface area contributed by atoms with E-state index in [-0.39, 0.29) is 28.6 Å². The van der Waals surface area contributed by atoms with Crippen molar-refractivity contribution in [1.82, 2.24) is 4.90 Å². The normalized spacial score (nSPS) is 15.9. The molecule has 1 aromatic heterocycles. The minimum atomic E-state index is -0.617. The number of ether oxygens (including phenoxy) is 1. The molecule has 1 amide bonds. The van der Waals surface area contributed by atoms with Crippen LogP contribution in [0.3, 0.4) is 0 Å². The first kappa shape index (κ1) is 18.6. The van der Waals surface area contributed by atoms with Crippen molar-refractivity contribution in [2.45, 2.75) is 19.4 Å². The first-order chi connectivity index (χ1) is 13.5. The van der Waals surface area contributed by atoms with Crippen LogP contribution in [0, 0.1) is 0 Å². The van der Waals surface area contributed by atoms with Crippen LogP contribution in [-0.4, -0.2) is 29.6 Å². The molecule has 6 nitrogen and oxygen atoms in total. The Bertz CT molecular complexity index is 1150. The highest BCUT2D eigenvalue weighted by molar-refractivity contribution is 9.10. The van der Waals surface area contributed by atoms with Crippen molar-refractivity contribution in [2.24, 2.45) is 0 Å². The minimum absolute atomic E-state index is 0.0385. The van der Waals surface area contributed by atoms with Gasteiger partial charge in [0, 0.05) is 6.54 Å². The number of methoxy groups -OCH3 is 1. The zero-order valence-electron chi connectivity index (χ0n) is 15.4. The summed E-state index contributed by atoms with van der Waals surface area (Å²) in [6, 6.07) is 9.63. The summed E-state index contributed by atoms with van der Waals surface area (Å²) >= 11 is 3.32. The number of amides is 1. The lowest BCUT2D eigenvalue weighted by atomic mass is 9.98. The molecule has 28 heavy (non-hydrogen) atoms. The van der Waals surface area contributed by atoms with Crippen molar-refractivity contribution >= 4 is 32.8 Å². The number of nitrogens with zero attached hydrogens (tertiary/aromatic N) is 1. The fourth-order valence-corrected chi connectivity index (χ4v) is 4.15. The van der Waals surface area contributed by atoms with Gasteiger partial charge in [0.15, 0.2) is 16.9 Å². The number of hydrogen-bond donors (Lipinski definition) is 1. The van der Waals surface area contributed by atoms with Gasteiger partial charge in [-0.2, -0.15) is 0 Å². The number of benzene rings is 2. The molecule has 144 valence electrons. The van der Waals surface area contributed by atoms with Crippen LogP contribution in [0.15, 0.2) is 50.1 Å². The fraction of sp³-hybridized carbons (Fsp3) is 0.238. The Morgan fingerprint density at radius 1 is 1.25 bits per heavy atom. The fourth-order valence-electron chi connectivity index (χ4n) is 3.69. The topological polar surface area (TPSA) is 80.0 Å². The van der Waals surface area contributed by atoms with Crippen LogP contribution in [0.5, 0.6) is 11.5 Å². The standard InChI is InChI=1S/C21H18BrNO5/c1-3-8-23-17(11-9-13(22)19(25)15(10-11)27-2)16-18(24)12-6-4-5-7-14(12)28-20(16)21(23)26/h4-7,9-10,17,25H,3,8H2,1-2H3/t17-/m0/s1. The molecular formula is C21H18BrNO5. The zero-order chi connectivity index (χ0) is 20.0. The summed E-state index contributed by atoms with van der Waals surface area (Å²) in [6.07, 6.45) is 0.723.